The van der Waals surface area contributed by atoms with Crippen molar-refractivity contribution in [3.05, 3.63) is 185 Å². The Morgan fingerprint density at radius 3 is 2.19 bits per heavy atom. The van der Waals surface area contributed by atoms with Gasteiger partial charge in [-0.05, 0) is 105 Å². The average Bonchev–Trinajstić information content (AvgIpc) is 3.86. The van der Waals surface area contributed by atoms with E-state index in [1.54, 1.807) is 28.0 Å². The summed E-state index contributed by atoms with van der Waals surface area (Å²) in [6, 6.07) is 51.8. The first-order valence-corrected chi connectivity index (χ1v) is 21.9. The highest BCUT2D eigenvalue weighted by molar-refractivity contribution is 7.25. The molecule has 4 aliphatic rings. The van der Waals surface area contributed by atoms with Gasteiger partial charge in [0.25, 0.3) is 0 Å². The highest BCUT2D eigenvalue weighted by Gasteiger charge is 2.47. The fourth-order valence-corrected chi connectivity index (χ4v) is 12.3. The van der Waals surface area contributed by atoms with Crippen LogP contribution in [0.15, 0.2) is 157 Å². The van der Waals surface area contributed by atoms with E-state index in [-0.39, 0.29) is 10.8 Å². The largest absolute Gasteiger partial charge is 0.227 e. The lowest BCUT2D eigenvalue weighted by Gasteiger charge is -2.36. The van der Waals surface area contributed by atoms with Crippen LogP contribution in [-0.4, -0.2) is 9.97 Å². The topological polar surface area (TPSA) is 25.8 Å². The van der Waals surface area contributed by atoms with Gasteiger partial charge in [-0.15, -0.1) is 11.3 Å². The van der Waals surface area contributed by atoms with E-state index in [0.717, 1.165) is 39.3 Å². The SMILES string of the molecule is CC1(C)C2=C(CC(c3ccc(-c4cccc(-c5nc(-c6ccccc6)c6c(n5)sc5ccccc56)c4)cc3)C=C2)c2cc3c(cc21)-c1ccccc1C31CCCCC1. The molecule has 1 fully saturated rings. The second-order valence-electron chi connectivity index (χ2n) is 17.6. The van der Waals surface area contributed by atoms with Gasteiger partial charge in [0.15, 0.2) is 5.82 Å². The summed E-state index contributed by atoms with van der Waals surface area (Å²) in [6.07, 6.45) is 12.5. The molecule has 1 spiro atoms. The minimum Gasteiger partial charge on any atom is -0.227 e. The molecule has 0 N–H and O–H groups in total. The van der Waals surface area contributed by atoms with Crippen LogP contribution in [-0.2, 0) is 10.8 Å². The summed E-state index contributed by atoms with van der Waals surface area (Å²) >= 11 is 1.74. The number of allylic oxidation sites excluding steroid dienone is 4. The Balaban J connectivity index is 0.865. The van der Waals surface area contributed by atoms with E-state index in [9.17, 15) is 0 Å². The van der Waals surface area contributed by atoms with Crippen molar-refractivity contribution in [1.82, 2.24) is 9.97 Å². The lowest BCUT2D eigenvalue weighted by atomic mass is 9.67. The Morgan fingerprint density at radius 1 is 0.586 bits per heavy atom. The van der Waals surface area contributed by atoms with E-state index in [4.69, 9.17) is 9.97 Å². The monoisotopic (exact) mass is 764 g/mol. The summed E-state index contributed by atoms with van der Waals surface area (Å²) in [4.78, 5) is 11.5. The number of hydrogen-bond donors (Lipinski definition) is 0. The van der Waals surface area contributed by atoms with Crippen LogP contribution in [0, 0.1) is 0 Å². The van der Waals surface area contributed by atoms with E-state index >= 15 is 0 Å². The number of fused-ring (bicyclic) bond motifs is 10. The smallest absolute Gasteiger partial charge is 0.161 e. The third-order valence-corrected chi connectivity index (χ3v) is 15.2. The second-order valence-corrected chi connectivity index (χ2v) is 18.6. The maximum Gasteiger partial charge on any atom is 0.161 e. The Bertz CT molecular complexity index is 3030. The number of thiophene rings is 1. The lowest BCUT2D eigenvalue weighted by Crippen LogP contribution is -2.28. The number of hydrogen-bond acceptors (Lipinski definition) is 3. The van der Waals surface area contributed by atoms with E-state index in [1.807, 2.05) is 0 Å². The molecule has 0 bridgehead atoms. The molecule has 58 heavy (non-hydrogen) atoms. The number of nitrogens with zero attached hydrogens (tertiary/aromatic N) is 2. The zero-order chi connectivity index (χ0) is 38.6. The van der Waals surface area contributed by atoms with Crippen molar-refractivity contribution in [2.75, 3.05) is 0 Å². The molecule has 0 radical (unpaired) electrons. The summed E-state index contributed by atoms with van der Waals surface area (Å²) in [7, 11) is 0. The third-order valence-electron chi connectivity index (χ3n) is 14.1. The molecule has 1 unspecified atom stereocenters. The number of aromatic nitrogens is 2. The zero-order valence-electron chi connectivity index (χ0n) is 33.1. The Kier molecular flexibility index (Phi) is 7.54. The molecule has 0 aliphatic heterocycles. The van der Waals surface area contributed by atoms with Crippen LogP contribution in [0.4, 0.5) is 0 Å². The fourth-order valence-electron chi connectivity index (χ4n) is 11.2. The summed E-state index contributed by atoms with van der Waals surface area (Å²) in [5, 5.41) is 2.35. The zero-order valence-corrected chi connectivity index (χ0v) is 33.9. The summed E-state index contributed by atoms with van der Waals surface area (Å²) in [5.41, 5.74) is 19.3. The van der Waals surface area contributed by atoms with Gasteiger partial charge >= 0.3 is 0 Å². The number of rotatable bonds is 4. The molecule has 12 rings (SSSR count). The third kappa shape index (κ3) is 5.02. The summed E-state index contributed by atoms with van der Waals surface area (Å²) < 4.78 is 1.23. The normalized spacial score (nSPS) is 18.4. The Labute approximate surface area is 344 Å². The van der Waals surface area contributed by atoms with E-state index in [2.05, 4.69) is 166 Å². The molecule has 4 aliphatic carbocycles. The van der Waals surface area contributed by atoms with Crippen LogP contribution in [0.3, 0.4) is 0 Å². The van der Waals surface area contributed by atoms with Crippen LogP contribution in [0.2, 0.25) is 0 Å². The van der Waals surface area contributed by atoms with Gasteiger partial charge in [0.2, 0.25) is 0 Å². The van der Waals surface area contributed by atoms with Gasteiger partial charge in [0, 0.05) is 43.3 Å². The minimum atomic E-state index is -0.0135. The average molecular weight is 765 g/mol. The minimum absolute atomic E-state index is 0.0135. The predicted octanol–water partition coefficient (Wildman–Crippen LogP) is 14.9. The van der Waals surface area contributed by atoms with E-state index < -0.39 is 0 Å². The lowest BCUT2D eigenvalue weighted by molar-refractivity contribution is 0.352. The van der Waals surface area contributed by atoms with Crippen LogP contribution >= 0.6 is 11.3 Å². The Hall–Kier alpha value is -5.90. The van der Waals surface area contributed by atoms with Crippen LogP contribution in [0.1, 0.15) is 86.1 Å². The molecule has 8 aromatic rings. The molecule has 1 saturated carbocycles. The van der Waals surface area contributed by atoms with Crippen LogP contribution < -0.4 is 0 Å². The molecular formula is C55H44N2S. The van der Waals surface area contributed by atoms with Gasteiger partial charge in [-0.3, -0.25) is 0 Å². The Morgan fingerprint density at radius 2 is 1.33 bits per heavy atom. The molecule has 2 nitrogen and oxygen atoms in total. The van der Waals surface area contributed by atoms with Crippen molar-refractivity contribution in [1.29, 1.82) is 0 Å². The molecule has 2 aromatic heterocycles. The maximum atomic E-state index is 5.26. The standard InChI is InChI=1S/C55H44N2S/c1-54(2)45-27-26-38(31-42(45)44-33-48-43(32-47(44)54)40-18-7-9-20-46(40)55(48)28-11-4-12-29-55)35-24-22-34(23-25-35)37-16-13-17-39(30-37)52-56-51(36-14-5-3-6-15-36)50-41-19-8-10-21-49(41)58-53(50)57-52/h3,5-10,13-27,30,32-33,38H,4,11-12,28-29,31H2,1-2H3. The maximum absolute atomic E-state index is 5.26. The molecule has 0 saturated heterocycles. The summed E-state index contributed by atoms with van der Waals surface area (Å²) in [5.74, 6) is 1.10. The molecule has 1 atom stereocenters. The van der Waals surface area contributed by atoms with E-state index in [0.29, 0.717) is 5.92 Å². The van der Waals surface area contributed by atoms with Crippen LogP contribution in [0.25, 0.3) is 70.8 Å². The van der Waals surface area contributed by atoms with Crippen molar-refractivity contribution >= 4 is 37.2 Å². The fraction of sp³-hybridized carbons (Fsp3) is 0.200. The van der Waals surface area contributed by atoms with Gasteiger partial charge in [-0.2, -0.15) is 0 Å². The van der Waals surface area contributed by atoms with Crippen molar-refractivity contribution in [3.8, 4) is 44.9 Å². The van der Waals surface area contributed by atoms with Gasteiger partial charge in [0.1, 0.15) is 4.83 Å². The van der Waals surface area contributed by atoms with Gasteiger partial charge < -0.3 is 0 Å². The van der Waals surface area contributed by atoms with Crippen molar-refractivity contribution < 1.29 is 0 Å². The first-order chi connectivity index (χ1) is 28.5. The van der Waals surface area contributed by atoms with Crippen molar-refractivity contribution in [2.45, 2.75) is 69.1 Å². The van der Waals surface area contributed by atoms with Gasteiger partial charge in [-0.1, -0.05) is 161 Å². The van der Waals surface area contributed by atoms with Crippen LogP contribution in [0.5, 0.6) is 0 Å². The first kappa shape index (κ1) is 34.2. The van der Waals surface area contributed by atoms with Crippen molar-refractivity contribution in [3.63, 3.8) is 0 Å². The molecule has 2 heterocycles. The van der Waals surface area contributed by atoms with E-state index in [1.165, 1.54) is 86.7 Å². The second kappa shape index (κ2) is 12.8. The molecule has 280 valence electrons. The highest BCUT2D eigenvalue weighted by Crippen LogP contribution is 2.60. The van der Waals surface area contributed by atoms with Gasteiger partial charge in [0.05, 0.1) is 5.69 Å². The van der Waals surface area contributed by atoms with Crippen molar-refractivity contribution in [2.24, 2.45) is 0 Å². The molecule has 6 aromatic carbocycles. The number of benzene rings is 6. The summed E-state index contributed by atoms with van der Waals surface area (Å²) in [6.45, 7) is 4.89. The quantitative estimate of drug-likeness (QED) is 0.178. The predicted molar refractivity (Wildman–Crippen MR) is 243 cm³/mol. The highest BCUT2D eigenvalue weighted by atomic mass is 32.1. The first-order valence-electron chi connectivity index (χ1n) is 21.1. The molecular weight excluding hydrogens is 721 g/mol. The molecule has 0 amide bonds. The molecule has 3 heteroatoms. The van der Waals surface area contributed by atoms with Gasteiger partial charge in [-0.25, -0.2) is 9.97 Å².